The van der Waals surface area contributed by atoms with E-state index in [1.54, 1.807) is 12.1 Å². The lowest BCUT2D eigenvalue weighted by Gasteiger charge is -1.92. The van der Waals surface area contributed by atoms with Gasteiger partial charge in [-0.3, -0.25) is 0 Å². The molecule has 0 saturated heterocycles. The second kappa shape index (κ2) is 4.20. The van der Waals surface area contributed by atoms with Crippen LogP contribution in [0.15, 0.2) is 12.1 Å². The Morgan fingerprint density at radius 2 is 2.50 bits per heavy atom. The minimum atomic E-state index is -0.343. The van der Waals surface area contributed by atoms with Crippen molar-refractivity contribution in [3.05, 3.63) is 21.9 Å². The van der Waals surface area contributed by atoms with Gasteiger partial charge in [-0.15, -0.1) is 11.3 Å². The number of nitrogens with one attached hydrogen (secondary N) is 1. The number of thiophene rings is 1. The maximum atomic E-state index is 10.9. The first kappa shape index (κ1) is 9.18. The van der Waals surface area contributed by atoms with E-state index in [0.29, 0.717) is 11.4 Å². The lowest BCUT2D eigenvalue weighted by molar-refractivity contribution is 0.0606. The molecular formula is C7H9NO3S. The van der Waals surface area contributed by atoms with Crippen LogP contribution < -0.4 is 5.48 Å². The third kappa shape index (κ3) is 2.04. The number of esters is 1. The standard InChI is InChI=1S/C7H9NO3S/c1-11-7(9)6-3-2-5(12-6)4-8-10/h2-3,8,10H,4H2,1H3. The van der Waals surface area contributed by atoms with Crippen LogP contribution in [-0.4, -0.2) is 18.3 Å². The van der Waals surface area contributed by atoms with E-state index in [0.717, 1.165) is 4.88 Å². The van der Waals surface area contributed by atoms with Gasteiger partial charge in [0.05, 0.1) is 13.7 Å². The molecule has 0 aliphatic carbocycles. The van der Waals surface area contributed by atoms with E-state index in [4.69, 9.17) is 5.21 Å². The number of carbonyl (C=O) groups excluding carboxylic acids is 1. The number of hydrogen-bond donors (Lipinski definition) is 2. The zero-order chi connectivity index (χ0) is 8.97. The molecule has 1 heterocycles. The number of ether oxygens (including phenoxy) is 1. The van der Waals surface area contributed by atoms with Gasteiger partial charge in [-0.1, -0.05) is 0 Å². The molecule has 1 aromatic rings. The van der Waals surface area contributed by atoms with E-state index in [-0.39, 0.29) is 5.97 Å². The summed E-state index contributed by atoms with van der Waals surface area (Å²) in [6, 6.07) is 3.43. The van der Waals surface area contributed by atoms with E-state index in [2.05, 4.69) is 4.74 Å². The average molecular weight is 187 g/mol. The second-order valence-electron chi connectivity index (χ2n) is 2.09. The molecule has 0 aliphatic rings. The van der Waals surface area contributed by atoms with Crippen LogP contribution in [-0.2, 0) is 11.3 Å². The van der Waals surface area contributed by atoms with Crippen LogP contribution in [0.3, 0.4) is 0 Å². The molecule has 0 atom stereocenters. The highest BCUT2D eigenvalue weighted by Gasteiger charge is 2.07. The Labute approximate surface area is 73.7 Å². The predicted octanol–water partition coefficient (Wildman–Crippen LogP) is 1.01. The molecule has 66 valence electrons. The quantitative estimate of drug-likeness (QED) is 0.547. The van der Waals surface area contributed by atoms with Crippen molar-refractivity contribution >= 4 is 17.3 Å². The van der Waals surface area contributed by atoms with Crippen LogP contribution in [0.2, 0.25) is 0 Å². The number of carbonyl (C=O) groups is 1. The van der Waals surface area contributed by atoms with Gasteiger partial charge in [-0.25, -0.2) is 10.3 Å². The molecule has 1 aromatic heterocycles. The number of rotatable bonds is 3. The van der Waals surface area contributed by atoms with E-state index < -0.39 is 0 Å². The highest BCUT2D eigenvalue weighted by atomic mass is 32.1. The van der Waals surface area contributed by atoms with Gasteiger partial charge in [0.2, 0.25) is 0 Å². The fourth-order valence-electron chi connectivity index (χ4n) is 0.761. The molecule has 0 saturated carbocycles. The predicted molar refractivity (Wildman–Crippen MR) is 44.3 cm³/mol. The molecule has 0 bridgehead atoms. The van der Waals surface area contributed by atoms with Crippen LogP contribution in [0.4, 0.5) is 0 Å². The first-order chi connectivity index (χ1) is 5.77. The van der Waals surface area contributed by atoms with Gasteiger partial charge < -0.3 is 9.94 Å². The highest BCUT2D eigenvalue weighted by Crippen LogP contribution is 2.16. The molecule has 0 unspecified atom stereocenters. The van der Waals surface area contributed by atoms with Crippen molar-refractivity contribution in [2.75, 3.05) is 7.11 Å². The van der Waals surface area contributed by atoms with Gasteiger partial charge >= 0.3 is 5.97 Å². The number of hydrogen-bond acceptors (Lipinski definition) is 5. The summed E-state index contributed by atoms with van der Waals surface area (Å²) in [6.45, 7) is 0.349. The van der Waals surface area contributed by atoms with Crippen molar-refractivity contribution in [2.24, 2.45) is 0 Å². The van der Waals surface area contributed by atoms with Crippen molar-refractivity contribution in [3.8, 4) is 0 Å². The summed E-state index contributed by atoms with van der Waals surface area (Å²) < 4.78 is 4.52. The van der Waals surface area contributed by atoms with Crippen molar-refractivity contribution < 1.29 is 14.7 Å². The number of hydroxylamine groups is 1. The smallest absolute Gasteiger partial charge is 0.348 e. The summed E-state index contributed by atoms with van der Waals surface area (Å²) in [5, 5.41) is 8.37. The van der Waals surface area contributed by atoms with Crippen molar-refractivity contribution in [2.45, 2.75) is 6.54 Å². The monoisotopic (exact) mass is 187 g/mol. The molecule has 2 N–H and O–H groups in total. The van der Waals surface area contributed by atoms with Crippen LogP contribution in [0.25, 0.3) is 0 Å². The van der Waals surface area contributed by atoms with Crippen molar-refractivity contribution in [1.82, 2.24) is 5.48 Å². The van der Waals surface area contributed by atoms with Gasteiger partial charge in [0, 0.05) is 4.88 Å². The second-order valence-corrected chi connectivity index (χ2v) is 3.26. The van der Waals surface area contributed by atoms with Gasteiger partial charge in [0.1, 0.15) is 4.88 Å². The Morgan fingerprint density at radius 3 is 3.08 bits per heavy atom. The Balaban J connectivity index is 2.70. The zero-order valence-electron chi connectivity index (χ0n) is 6.53. The van der Waals surface area contributed by atoms with Crippen LogP contribution in [0.1, 0.15) is 14.5 Å². The zero-order valence-corrected chi connectivity index (χ0v) is 7.35. The lowest BCUT2D eigenvalue weighted by Crippen LogP contribution is -2.03. The maximum absolute atomic E-state index is 10.9. The van der Waals surface area contributed by atoms with Crippen molar-refractivity contribution in [3.63, 3.8) is 0 Å². The molecular weight excluding hydrogens is 178 g/mol. The fourth-order valence-corrected chi connectivity index (χ4v) is 1.62. The molecule has 0 aliphatic heterocycles. The molecule has 5 heteroatoms. The largest absolute Gasteiger partial charge is 0.465 e. The van der Waals surface area contributed by atoms with Gasteiger partial charge in [0.25, 0.3) is 0 Å². The molecule has 1 rings (SSSR count). The normalized spacial score (nSPS) is 9.83. The van der Waals surface area contributed by atoms with Gasteiger partial charge in [-0.2, -0.15) is 0 Å². The summed E-state index contributed by atoms with van der Waals surface area (Å²) in [4.78, 5) is 12.4. The Hall–Kier alpha value is -0.910. The SMILES string of the molecule is COC(=O)c1ccc(CNO)s1. The van der Waals surface area contributed by atoms with Crippen LogP contribution in [0.5, 0.6) is 0 Å². The lowest BCUT2D eigenvalue weighted by atomic mass is 10.4. The average Bonchev–Trinajstić information content (AvgIpc) is 2.52. The highest BCUT2D eigenvalue weighted by molar-refractivity contribution is 7.13. The van der Waals surface area contributed by atoms with Gasteiger partial charge in [0.15, 0.2) is 0 Å². The molecule has 0 radical (unpaired) electrons. The first-order valence-corrected chi connectivity index (χ1v) is 4.13. The summed E-state index contributed by atoms with van der Waals surface area (Å²) in [5.41, 5.74) is 2.01. The molecule has 0 spiro atoms. The molecule has 0 amide bonds. The summed E-state index contributed by atoms with van der Waals surface area (Å²) in [7, 11) is 1.34. The Kier molecular flexibility index (Phi) is 3.21. The number of methoxy groups -OCH3 is 1. The summed E-state index contributed by atoms with van der Waals surface area (Å²) in [6.07, 6.45) is 0. The first-order valence-electron chi connectivity index (χ1n) is 3.32. The van der Waals surface area contributed by atoms with E-state index >= 15 is 0 Å². The van der Waals surface area contributed by atoms with E-state index in [9.17, 15) is 4.79 Å². The van der Waals surface area contributed by atoms with Crippen molar-refractivity contribution in [1.29, 1.82) is 0 Å². The van der Waals surface area contributed by atoms with E-state index in [1.165, 1.54) is 18.4 Å². The maximum Gasteiger partial charge on any atom is 0.348 e. The topological polar surface area (TPSA) is 58.6 Å². The van der Waals surface area contributed by atoms with Gasteiger partial charge in [-0.05, 0) is 12.1 Å². The fraction of sp³-hybridized carbons (Fsp3) is 0.286. The minimum Gasteiger partial charge on any atom is -0.465 e. The summed E-state index contributed by atoms with van der Waals surface area (Å²) in [5.74, 6) is -0.343. The van der Waals surface area contributed by atoms with E-state index in [1.807, 2.05) is 5.48 Å². The molecule has 12 heavy (non-hydrogen) atoms. The molecule has 4 nitrogen and oxygen atoms in total. The molecule has 0 fully saturated rings. The third-order valence-corrected chi connectivity index (χ3v) is 2.37. The Bertz CT molecular complexity index is 271. The third-order valence-electron chi connectivity index (χ3n) is 1.30. The Morgan fingerprint density at radius 1 is 1.75 bits per heavy atom. The summed E-state index contributed by atoms with van der Waals surface area (Å²) >= 11 is 1.29. The van der Waals surface area contributed by atoms with Crippen LogP contribution in [0, 0.1) is 0 Å². The van der Waals surface area contributed by atoms with Crippen LogP contribution >= 0.6 is 11.3 Å². The molecule has 0 aromatic carbocycles. The minimum absolute atomic E-state index is 0.343.